The van der Waals surface area contributed by atoms with Crippen LogP contribution in [0.1, 0.15) is 12.8 Å². The summed E-state index contributed by atoms with van der Waals surface area (Å²) in [6.07, 6.45) is -1.82. The summed E-state index contributed by atoms with van der Waals surface area (Å²) in [6, 6.07) is -0.990. The zero-order valence-electron chi connectivity index (χ0n) is 6.91. The number of rotatable bonds is 4. The first-order valence-corrected chi connectivity index (χ1v) is 3.95. The van der Waals surface area contributed by atoms with E-state index in [0.29, 0.717) is 0 Å². The van der Waals surface area contributed by atoms with E-state index >= 15 is 0 Å². The van der Waals surface area contributed by atoms with Crippen LogP contribution in [0.2, 0.25) is 0 Å². The molecule has 1 rings (SSSR count). The molecule has 6 heteroatoms. The molecule has 1 aliphatic rings. The Morgan fingerprint density at radius 1 is 1.69 bits per heavy atom. The van der Waals surface area contributed by atoms with E-state index in [4.69, 9.17) is 16.6 Å². The highest BCUT2D eigenvalue weighted by Crippen LogP contribution is 2.51. The van der Waals surface area contributed by atoms with Crippen LogP contribution in [-0.4, -0.2) is 29.1 Å². The van der Waals surface area contributed by atoms with Crippen molar-refractivity contribution in [1.29, 1.82) is 0 Å². The highest BCUT2D eigenvalue weighted by Gasteiger charge is 2.57. The monoisotopic (exact) mass is 194 g/mol. The molecule has 0 aromatic heterocycles. The lowest BCUT2D eigenvalue weighted by Gasteiger charge is -2.14. The molecule has 5 N–H and O–H groups in total. The molecule has 0 bridgehead atoms. The number of halogens is 2. The normalized spacial score (nSPS) is 29.4. The van der Waals surface area contributed by atoms with Crippen LogP contribution in [0.25, 0.3) is 0 Å². The third kappa shape index (κ3) is 2.35. The second-order valence-electron chi connectivity index (χ2n) is 3.41. The first-order valence-electron chi connectivity index (χ1n) is 3.95. The number of amides is 1. The summed E-state index contributed by atoms with van der Waals surface area (Å²) in [4.78, 5) is 10.4. The molecule has 0 heterocycles. The average Bonchev–Trinajstić information content (AvgIpc) is 2.56. The summed E-state index contributed by atoms with van der Waals surface area (Å²) in [5, 5.41) is 9.00. The fraction of sp³-hybridized carbons (Fsp3) is 0.857. The molecule has 0 aliphatic heterocycles. The van der Waals surface area contributed by atoms with E-state index in [2.05, 4.69) is 0 Å². The Morgan fingerprint density at radius 2 is 2.15 bits per heavy atom. The highest BCUT2D eigenvalue weighted by molar-refractivity contribution is 5.79. The van der Waals surface area contributed by atoms with Gasteiger partial charge in [-0.15, -0.1) is 0 Å². The smallest absolute Gasteiger partial charge is 0.251 e. The van der Waals surface area contributed by atoms with Gasteiger partial charge in [-0.25, -0.2) is 8.78 Å². The Kier molecular flexibility index (Phi) is 2.53. The maximum absolute atomic E-state index is 12.4. The van der Waals surface area contributed by atoms with E-state index in [0.717, 1.165) is 0 Å². The van der Waals surface area contributed by atoms with Gasteiger partial charge in [-0.05, 0) is 6.42 Å². The topological polar surface area (TPSA) is 89.3 Å². The predicted molar refractivity (Wildman–Crippen MR) is 40.8 cm³/mol. The molecule has 1 saturated carbocycles. The number of hydrogen-bond acceptors (Lipinski definition) is 3. The third-order valence-corrected chi connectivity index (χ3v) is 2.21. The number of carbonyl (C=O) groups excluding carboxylic acids is 1. The van der Waals surface area contributed by atoms with Crippen molar-refractivity contribution in [3.63, 3.8) is 0 Å². The first kappa shape index (κ1) is 10.3. The van der Waals surface area contributed by atoms with Gasteiger partial charge < -0.3 is 16.6 Å². The van der Waals surface area contributed by atoms with Crippen molar-refractivity contribution in [2.45, 2.75) is 30.9 Å². The Hall–Kier alpha value is -0.750. The van der Waals surface area contributed by atoms with Gasteiger partial charge in [0.25, 0.3) is 5.92 Å². The fourth-order valence-corrected chi connectivity index (χ4v) is 1.19. The van der Waals surface area contributed by atoms with Gasteiger partial charge in [0.15, 0.2) is 0 Å². The predicted octanol–water partition coefficient (Wildman–Crippen LogP) is -0.795. The Bertz CT molecular complexity index is 223. The van der Waals surface area contributed by atoms with Gasteiger partial charge in [0, 0.05) is 18.4 Å². The van der Waals surface area contributed by atoms with Crippen molar-refractivity contribution in [2.75, 3.05) is 0 Å². The number of carbonyl (C=O) groups is 1. The Labute approximate surface area is 73.9 Å². The SMILES string of the molecule is NC(=O)C(O)C(N)CC1CC1(F)F. The number of hydrogen-bond donors (Lipinski definition) is 3. The molecule has 3 unspecified atom stereocenters. The highest BCUT2D eigenvalue weighted by atomic mass is 19.3. The largest absolute Gasteiger partial charge is 0.382 e. The number of aliphatic hydroxyl groups is 1. The van der Waals surface area contributed by atoms with Crippen LogP contribution in [0, 0.1) is 5.92 Å². The molecular weight excluding hydrogens is 182 g/mol. The molecule has 1 fully saturated rings. The molecule has 0 aromatic rings. The van der Waals surface area contributed by atoms with E-state index < -0.39 is 29.9 Å². The number of primary amides is 1. The minimum Gasteiger partial charge on any atom is -0.382 e. The van der Waals surface area contributed by atoms with E-state index in [1.165, 1.54) is 0 Å². The summed E-state index contributed by atoms with van der Waals surface area (Å²) < 4.78 is 24.7. The maximum atomic E-state index is 12.4. The van der Waals surface area contributed by atoms with Crippen molar-refractivity contribution >= 4 is 5.91 Å². The van der Waals surface area contributed by atoms with Gasteiger partial charge >= 0.3 is 0 Å². The summed E-state index contributed by atoms with van der Waals surface area (Å²) in [7, 11) is 0. The molecule has 0 saturated heterocycles. The summed E-state index contributed by atoms with van der Waals surface area (Å²) >= 11 is 0. The molecule has 0 radical (unpaired) electrons. The second kappa shape index (κ2) is 3.19. The van der Waals surface area contributed by atoms with E-state index in [1.54, 1.807) is 0 Å². The molecule has 3 atom stereocenters. The number of aliphatic hydroxyl groups excluding tert-OH is 1. The number of alkyl halides is 2. The van der Waals surface area contributed by atoms with Crippen LogP contribution < -0.4 is 11.5 Å². The quantitative estimate of drug-likeness (QED) is 0.547. The minimum atomic E-state index is -2.67. The molecule has 1 amide bonds. The first-order chi connectivity index (χ1) is 5.84. The lowest BCUT2D eigenvalue weighted by molar-refractivity contribution is -0.127. The minimum absolute atomic E-state index is 0.0723. The van der Waals surface area contributed by atoms with E-state index in [1.807, 2.05) is 0 Å². The van der Waals surface area contributed by atoms with Gasteiger partial charge in [-0.2, -0.15) is 0 Å². The third-order valence-electron chi connectivity index (χ3n) is 2.21. The number of nitrogens with two attached hydrogens (primary N) is 2. The van der Waals surface area contributed by atoms with Crippen LogP contribution in [0.3, 0.4) is 0 Å². The van der Waals surface area contributed by atoms with Gasteiger partial charge in [0.1, 0.15) is 6.10 Å². The van der Waals surface area contributed by atoms with Crippen molar-refractivity contribution < 1.29 is 18.7 Å². The van der Waals surface area contributed by atoms with Crippen molar-refractivity contribution in [3.8, 4) is 0 Å². The van der Waals surface area contributed by atoms with Gasteiger partial charge in [-0.1, -0.05) is 0 Å². The lowest BCUT2D eigenvalue weighted by Crippen LogP contribution is -2.44. The average molecular weight is 194 g/mol. The van der Waals surface area contributed by atoms with Crippen LogP contribution in [-0.2, 0) is 4.79 Å². The van der Waals surface area contributed by atoms with E-state index in [-0.39, 0.29) is 12.8 Å². The summed E-state index contributed by atoms with van der Waals surface area (Å²) in [6.45, 7) is 0. The molecule has 76 valence electrons. The van der Waals surface area contributed by atoms with Gasteiger partial charge in [0.2, 0.25) is 5.91 Å². The van der Waals surface area contributed by atoms with Crippen molar-refractivity contribution in [2.24, 2.45) is 17.4 Å². The molecule has 0 aromatic carbocycles. The lowest BCUT2D eigenvalue weighted by atomic mass is 10.1. The van der Waals surface area contributed by atoms with Crippen molar-refractivity contribution in [3.05, 3.63) is 0 Å². The van der Waals surface area contributed by atoms with Crippen LogP contribution in [0.4, 0.5) is 8.78 Å². The maximum Gasteiger partial charge on any atom is 0.251 e. The fourth-order valence-electron chi connectivity index (χ4n) is 1.19. The molecule has 4 nitrogen and oxygen atoms in total. The zero-order chi connectivity index (χ0) is 10.2. The molecule has 0 spiro atoms. The van der Waals surface area contributed by atoms with Crippen LogP contribution in [0.5, 0.6) is 0 Å². The second-order valence-corrected chi connectivity index (χ2v) is 3.41. The Balaban J connectivity index is 2.34. The standard InChI is InChI=1S/C7H12F2N2O2/c8-7(9)2-3(7)1-4(10)5(12)6(11)13/h3-5,12H,1-2,10H2,(H2,11,13). The van der Waals surface area contributed by atoms with Crippen LogP contribution in [0.15, 0.2) is 0 Å². The van der Waals surface area contributed by atoms with E-state index in [9.17, 15) is 13.6 Å². The Morgan fingerprint density at radius 3 is 2.46 bits per heavy atom. The zero-order valence-corrected chi connectivity index (χ0v) is 6.91. The van der Waals surface area contributed by atoms with Crippen molar-refractivity contribution in [1.82, 2.24) is 0 Å². The summed E-state index contributed by atoms with van der Waals surface area (Å²) in [5.41, 5.74) is 10.0. The molecular formula is C7H12F2N2O2. The van der Waals surface area contributed by atoms with Gasteiger partial charge in [-0.3, -0.25) is 4.79 Å². The summed E-state index contributed by atoms with van der Waals surface area (Å²) in [5.74, 6) is -4.46. The van der Waals surface area contributed by atoms with Crippen LogP contribution >= 0.6 is 0 Å². The molecule has 1 aliphatic carbocycles. The van der Waals surface area contributed by atoms with Gasteiger partial charge in [0.05, 0.1) is 0 Å². The molecule has 13 heavy (non-hydrogen) atoms.